The van der Waals surface area contributed by atoms with Crippen LogP contribution in [0.2, 0.25) is 5.02 Å². The molecule has 0 bridgehead atoms. The summed E-state index contributed by atoms with van der Waals surface area (Å²) in [6.07, 6.45) is 1.94. The number of halogens is 1. The van der Waals surface area contributed by atoms with Crippen LogP contribution in [-0.4, -0.2) is 52.5 Å². The molecule has 1 amide bonds. The number of hydrogen-bond acceptors (Lipinski definition) is 5. The largest absolute Gasteiger partial charge is 0.497 e. The number of ether oxygens (including phenoxy) is 2. The van der Waals surface area contributed by atoms with Gasteiger partial charge in [0.1, 0.15) is 16.4 Å². The fraction of sp³-hybridized carbons (Fsp3) is 0.409. The molecule has 31 heavy (non-hydrogen) atoms. The number of carbonyl (C=O) groups excluding carboxylic acids is 1. The predicted octanol–water partition coefficient (Wildman–Crippen LogP) is 3.12. The molecule has 0 spiro atoms. The Kier molecular flexibility index (Phi) is 7.80. The number of sulfonamides is 1. The maximum atomic E-state index is 13.2. The van der Waals surface area contributed by atoms with Crippen LogP contribution in [0.15, 0.2) is 47.4 Å². The fourth-order valence-corrected chi connectivity index (χ4v) is 5.57. The molecule has 0 saturated carbocycles. The SMILES string of the molecule is COc1ccc(CCNC(=O)[C@H]2CCCN(S(=O)(=O)c3cc(Cl)ccc3OC)C2)cc1. The van der Waals surface area contributed by atoms with Gasteiger partial charge in [-0.2, -0.15) is 4.31 Å². The summed E-state index contributed by atoms with van der Waals surface area (Å²) in [5.41, 5.74) is 1.09. The zero-order valence-electron chi connectivity index (χ0n) is 17.6. The van der Waals surface area contributed by atoms with Crippen molar-refractivity contribution in [1.82, 2.24) is 9.62 Å². The number of amides is 1. The van der Waals surface area contributed by atoms with Crippen molar-refractivity contribution in [2.75, 3.05) is 33.9 Å². The van der Waals surface area contributed by atoms with Gasteiger partial charge in [0.05, 0.1) is 20.1 Å². The van der Waals surface area contributed by atoms with Crippen molar-refractivity contribution in [2.45, 2.75) is 24.2 Å². The van der Waals surface area contributed by atoms with Gasteiger partial charge < -0.3 is 14.8 Å². The molecule has 9 heteroatoms. The number of piperidine rings is 1. The van der Waals surface area contributed by atoms with Gasteiger partial charge in [-0.3, -0.25) is 4.79 Å². The summed E-state index contributed by atoms with van der Waals surface area (Å²) in [4.78, 5) is 12.7. The van der Waals surface area contributed by atoms with Gasteiger partial charge in [-0.05, 0) is 55.2 Å². The van der Waals surface area contributed by atoms with E-state index in [9.17, 15) is 13.2 Å². The number of nitrogens with one attached hydrogen (secondary N) is 1. The molecule has 1 fully saturated rings. The standard InChI is InChI=1S/C22H27ClN2O5S/c1-29-19-8-5-16(6-9-19)11-12-24-22(26)17-4-3-13-25(15-17)31(27,28)21-14-18(23)7-10-20(21)30-2/h5-10,14,17H,3-4,11-13,15H2,1-2H3,(H,24,26)/t17-/m0/s1. The molecule has 168 valence electrons. The Morgan fingerprint density at radius 1 is 1.16 bits per heavy atom. The van der Waals surface area contributed by atoms with Gasteiger partial charge in [-0.1, -0.05) is 23.7 Å². The molecule has 2 aromatic rings. The number of carbonyl (C=O) groups is 1. The van der Waals surface area contributed by atoms with Crippen molar-refractivity contribution in [3.63, 3.8) is 0 Å². The minimum absolute atomic E-state index is 0.0167. The summed E-state index contributed by atoms with van der Waals surface area (Å²) in [6.45, 7) is 0.969. The lowest BCUT2D eigenvalue weighted by molar-refractivity contribution is -0.126. The third-order valence-electron chi connectivity index (χ3n) is 5.37. The van der Waals surface area contributed by atoms with E-state index in [-0.39, 0.29) is 23.1 Å². The van der Waals surface area contributed by atoms with Crippen LogP contribution in [0.4, 0.5) is 0 Å². The molecule has 0 aliphatic carbocycles. The van der Waals surface area contributed by atoms with Crippen molar-refractivity contribution < 1.29 is 22.7 Å². The summed E-state index contributed by atoms with van der Waals surface area (Å²) in [6, 6.07) is 12.2. The van der Waals surface area contributed by atoms with Crippen LogP contribution in [0.5, 0.6) is 11.5 Å². The molecular formula is C22H27ClN2O5S. The van der Waals surface area contributed by atoms with E-state index in [4.69, 9.17) is 21.1 Å². The predicted molar refractivity (Wildman–Crippen MR) is 119 cm³/mol. The van der Waals surface area contributed by atoms with Gasteiger partial charge in [-0.25, -0.2) is 8.42 Å². The van der Waals surface area contributed by atoms with Crippen LogP contribution < -0.4 is 14.8 Å². The van der Waals surface area contributed by atoms with Crippen molar-refractivity contribution >= 4 is 27.5 Å². The van der Waals surface area contributed by atoms with Crippen LogP contribution in [0.25, 0.3) is 0 Å². The first-order valence-corrected chi connectivity index (χ1v) is 11.9. The zero-order chi connectivity index (χ0) is 22.4. The number of hydrogen-bond donors (Lipinski definition) is 1. The first kappa shape index (κ1) is 23.4. The third kappa shape index (κ3) is 5.70. The zero-order valence-corrected chi connectivity index (χ0v) is 19.2. The first-order valence-electron chi connectivity index (χ1n) is 10.1. The Morgan fingerprint density at radius 2 is 1.90 bits per heavy atom. The van der Waals surface area contributed by atoms with E-state index in [2.05, 4.69) is 5.32 Å². The summed E-state index contributed by atoms with van der Waals surface area (Å²) in [7, 11) is -0.801. The Balaban J connectivity index is 1.61. The Morgan fingerprint density at radius 3 is 2.58 bits per heavy atom. The number of rotatable bonds is 8. The second kappa shape index (κ2) is 10.3. The topological polar surface area (TPSA) is 84.9 Å². The first-order chi connectivity index (χ1) is 14.8. The summed E-state index contributed by atoms with van der Waals surface area (Å²) in [5.74, 6) is 0.485. The fourth-order valence-electron chi connectivity index (χ4n) is 3.63. The summed E-state index contributed by atoms with van der Waals surface area (Å²) in [5, 5.41) is 3.24. The molecule has 0 aromatic heterocycles. The summed E-state index contributed by atoms with van der Waals surface area (Å²) >= 11 is 6.01. The number of nitrogens with zero attached hydrogens (tertiary/aromatic N) is 1. The van der Waals surface area contributed by atoms with Gasteiger partial charge in [0.25, 0.3) is 0 Å². The molecule has 7 nitrogen and oxygen atoms in total. The van der Waals surface area contributed by atoms with Crippen LogP contribution in [0.3, 0.4) is 0 Å². The van der Waals surface area contributed by atoms with E-state index in [0.29, 0.717) is 37.4 Å². The van der Waals surface area contributed by atoms with E-state index in [1.165, 1.54) is 23.5 Å². The number of benzene rings is 2. The molecule has 1 aliphatic heterocycles. The van der Waals surface area contributed by atoms with Gasteiger partial charge in [0, 0.05) is 24.7 Å². The molecule has 1 aliphatic rings. The van der Waals surface area contributed by atoms with Crippen LogP contribution in [0, 0.1) is 5.92 Å². The Labute approximate surface area is 188 Å². The lowest BCUT2D eigenvalue weighted by Crippen LogP contribution is -2.45. The van der Waals surface area contributed by atoms with Gasteiger partial charge in [-0.15, -0.1) is 0 Å². The van der Waals surface area contributed by atoms with E-state index in [1.54, 1.807) is 13.2 Å². The van der Waals surface area contributed by atoms with E-state index >= 15 is 0 Å². The van der Waals surface area contributed by atoms with Crippen LogP contribution >= 0.6 is 11.6 Å². The second-order valence-electron chi connectivity index (χ2n) is 7.39. The quantitative estimate of drug-likeness (QED) is 0.646. The van der Waals surface area contributed by atoms with Gasteiger partial charge >= 0.3 is 0 Å². The normalized spacial score (nSPS) is 17.2. The van der Waals surface area contributed by atoms with E-state index in [1.807, 2.05) is 24.3 Å². The second-order valence-corrected chi connectivity index (χ2v) is 9.73. The Bertz CT molecular complexity index is 1010. The van der Waals surface area contributed by atoms with Crippen LogP contribution in [-0.2, 0) is 21.2 Å². The molecular weight excluding hydrogens is 440 g/mol. The molecule has 1 heterocycles. The highest BCUT2D eigenvalue weighted by atomic mass is 35.5. The summed E-state index contributed by atoms with van der Waals surface area (Å²) < 4.78 is 38.1. The molecule has 1 N–H and O–H groups in total. The lowest BCUT2D eigenvalue weighted by Gasteiger charge is -2.31. The molecule has 2 aromatic carbocycles. The van der Waals surface area contributed by atoms with Gasteiger partial charge in [0.15, 0.2) is 0 Å². The molecule has 1 saturated heterocycles. The van der Waals surface area contributed by atoms with Crippen molar-refractivity contribution in [3.05, 3.63) is 53.1 Å². The smallest absolute Gasteiger partial charge is 0.246 e. The van der Waals surface area contributed by atoms with Crippen LogP contribution in [0.1, 0.15) is 18.4 Å². The maximum Gasteiger partial charge on any atom is 0.246 e. The average molecular weight is 467 g/mol. The lowest BCUT2D eigenvalue weighted by atomic mass is 9.99. The van der Waals surface area contributed by atoms with E-state index < -0.39 is 15.9 Å². The minimum atomic E-state index is -3.83. The molecule has 0 radical (unpaired) electrons. The molecule has 1 atom stereocenters. The maximum absolute atomic E-state index is 13.2. The third-order valence-corrected chi connectivity index (χ3v) is 7.49. The average Bonchev–Trinajstić information content (AvgIpc) is 2.79. The van der Waals surface area contributed by atoms with Gasteiger partial charge in [0.2, 0.25) is 15.9 Å². The highest BCUT2D eigenvalue weighted by Crippen LogP contribution is 2.32. The van der Waals surface area contributed by atoms with Crippen molar-refractivity contribution in [2.24, 2.45) is 5.92 Å². The van der Waals surface area contributed by atoms with E-state index in [0.717, 1.165) is 11.3 Å². The monoisotopic (exact) mass is 466 g/mol. The minimum Gasteiger partial charge on any atom is -0.497 e. The molecule has 0 unspecified atom stereocenters. The Hall–Kier alpha value is -2.29. The van der Waals surface area contributed by atoms with Crippen molar-refractivity contribution in [1.29, 1.82) is 0 Å². The highest BCUT2D eigenvalue weighted by Gasteiger charge is 2.34. The molecule has 3 rings (SSSR count). The van der Waals surface area contributed by atoms with Crippen molar-refractivity contribution in [3.8, 4) is 11.5 Å². The highest BCUT2D eigenvalue weighted by molar-refractivity contribution is 7.89. The number of methoxy groups -OCH3 is 2.